The van der Waals surface area contributed by atoms with E-state index in [1.165, 1.54) is 44.9 Å². The molecule has 0 fully saturated rings. The molecule has 0 radical (unpaired) electrons. The molecule has 1 aromatic heterocycles. The van der Waals surface area contributed by atoms with Crippen molar-refractivity contribution in [1.82, 2.24) is 5.32 Å². The van der Waals surface area contributed by atoms with Crippen molar-refractivity contribution in [3.8, 4) is 0 Å². The second kappa shape index (κ2) is 7.61. The molecule has 114 valence electrons. The fourth-order valence-electron chi connectivity index (χ4n) is 3.15. The minimum absolute atomic E-state index is 0.514. The molecule has 0 amide bonds. The second-order valence-electron chi connectivity index (χ2n) is 6.92. The topological polar surface area (TPSA) is 12.0 Å². The highest BCUT2D eigenvalue weighted by molar-refractivity contribution is 7.12. The van der Waals surface area contributed by atoms with Gasteiger partial charge >= 0.3 is 0 Å². The Labute approximate surface area is 129 Å². The van der Waals surface area contributed by atoms with Gasteiger partial charge < -0.3 is 5.32 Å². The van der Waals surface area contributed by atoms with Gasteiger partial charge in [-0.05, 0) is 63.5 Å². The Balaban J connectivity index is 1.81. The van der Waals surface area contributed by atoms with Crippen molar-refractivity contribution in [2.24, 2.45) is 5.92 Å². The molecule has 2 unspecified atom stereocenters. The van der Waals surface area contributed by atoms with E-state index in [4.69, 9.17) is 0 Å². The van der Waals surface area contributed by atoms with E-state index in [0.717, 1.165) is 5.92 Å². The van der Waals surface area contributed by atoms with Crippen LogP contribution in [0.25, 0.3) is 0 Å². The minimum atomic E-state index is 0.514. The summed E-state index contributed by atoms with van der Waals surface area (Å²) >= 11 is 2.05. The van der Waals surface area contributed by atoms with Gasteiger partial charge in [-0.25, -0.2) is 0 Å². The molecule has 1 aromatic rings. The highest BCUT2D eigenvalue weighted by atomic mass is 32.1. The molecule has 0 spiro atoms. The predicted molar refractivity (Wildman–Crippen MR) is 90.7 cm³/mol. The predicted octanol–water partition coefficient (Wildman–Crippen LogP) is 5.49. The maximum atomic E-state index is 3.79. The van der Waals surface area contributed by atoms with E-state index in [1.54, 1.807) is 15.3 Å². The van der Waals surface area contributed by atoms with E-state index in [9.17, 15) is 0 Å². The zero-order chi connectivity index (χ0) is 14.5. The van der Waals surface area contributed by atoms with E-state index in [0.29, 0.717) is 12.1 Å². The van der Waals surface area contributed by atoms with Crippen LogP contribution in [-0.4, -0.2) is 6.04 Å². The van der Waals surface area contributed by atoms with Crippen LogP contribution < -0.4 is 5.32 Å². The van der Waals surface area contributed by atoms with Crippen LogP contribution in [0.1, 0.15) is 81.2 Å². The number of hydrogen-bond donors (Lipinski definition) is 1. The molecule has 1 heterocycles. The van der Waals surface area contributed by atoms with Crippen LogP contribution in [0.5, 0.6) is 0 Å². The third kappa shape index (κ3) is 4.60. The Hall–Kier alpha value is -0.340. The highest BCUT2D eigenvalue weighted by Gasteiger charge is 2.17. The summed E-state index contributed by atoms with van der Waals surface area (Å²) in [5.41, 5.74) is 1.64. The van der Waals surface area contributed by atoms with Gasteiger partial charge in [0.2, 0.25) is 0 Å². The summed E-state index contributed by atoms with van der Waals surface area (Å²) in [4.78, 5) is 3.21. The second-order valence-corrected chi connectivity index (χ2v) is 8.09. The molecular formula is C18H31NS. The van der Waals surface area contributed by atoms with Crippen molar-refractivity contribution in [1.29, 1.82) is 0 Å². The van der Waals surface area contributed by atoms with Gasteiger partial charge in [-0.2, -0.15) is 0 Å². The standard InChI is InChI=1S/C18H31NS/c1-13(2)8-7-9-14(3)19-15(4)18-12-16-10-5-6-11-17(16)20-18/h12-15,19H,5-11H2,1-4H3. The highest BCUT2D eigenvalue weighted by Crippen LogP contribution is 2.33. The molecule has 0 saturated heterocycles. The van der Waals surface area contributed by atoms with E-state index >= 15 is 0 Å². The SMILES string of the molecule is CC(C)CCCC(C)NC(C)c1cc2c(s1)CCCC2. The molecule has 0 aliphatic heterocycles. The largest absolute Gasteiger partial charge is 0.307 e. The quantitative estimate of drug-likeness (QED) is 0.700. The van der Waals surface area contributed by atoms with Gasteiger partial charge in [0.05, 0.1) is 0 Å². The van der Waals surface area contributed by atoms with Gasteiger partial charge in [0.1, 0.15) is 0 Å². The van der Waals surface area contributed by atoms with Crippen molar-refractivity contribution in [2.45, 2.75) is 84.7 Å². The lowest BCUT2D eigenvalue weighted by Crippen LogP contribution is -2.28. The van der Waals surface area contributed by atoms with E-state index in [2.05, 4.69) is 50.4 Å². The van der Waals surface area contributed by atoms with Crippen LogP contribution in [0.3, 0.4) is 0 Å². The van der Waals surface area contributed by atoms with Crippen molar-refractivity contribution in [3.05, 3.63) is 21.4 Å². The molecule has 0 saturated carbocycles. The van der Waals surface area contributed by atoms with Crippen LogP contribution in [0.2, 0.25) is 0 Å². The maximum Gasteiger partial charge on any atom is 0.0388 e. The van der Waals surface area contributed by atoms with Crippen molar-refractivity contribution in [2.75, 3.05) is 0 Å². The van der Waals surface area contributed by atoms with Crippen molar-refractivity contribution in [3.63, 3.8) is 0 Å². The smallest absolute Gasteiger partial charge is 0.0388 e. The average Bonchev–Trinajstić information content (AvgIpc) is 2.82. The Kier molecular flexibility index (Phi) is 6.10. The molecule has 2 heteroatoms. The number of thiophene rings is 1. The Morgan fingerprint density at radius 2 is 1.85 bits per heavy atom. The maximum absolute atomic E-state index is 3.79. The molecular weight excluding hydrogens is 262 g/mol. The summed E-state index contributed by atoms with van der Waals surface area (Å²) in [6.45, 7) is 9.30. The van der Waals surface area contributed by atoms with Crippen molar-refractivity contribution >= 4 is 11.3 Å². The first-order chi connectivity index (χ1) is 9.56. The Morgan fingerprint density at radius 3 is 2.55 bits per heavy atom. The number of nitrogens with one attached hydrogen (secondary N) is 1. The molecule has 2 atom stereocenters. The third-order valence-electron chi connectivity index (χ3n) is 4.40. The van der Waals surface area contributed by atoms with Crippen molar-refractivity contribution < 1.29 is 0 Å². The van der Waals surface area contributed by atoms with E-state index in [1.807, 2.05) is 0 Å². The fourth-order valence-corrected chi connectivity index (χ4v) is 4.42. The van der Waals surface area contributed by atoms with Gasteiger partial charge in [-0.3, -0.25) is 0 Å². The van der Waals surface area contributed by atoms with Crippen LogP contribution in [0.4, 0.5) is 0 Å². The number of fused-ring (bicyclic) bond motifs is 1. The fraction of sp³-hybridized carbons (Fsp3) is 0.778. The summed E-state index contributed by atoms with van der Waals surface area (Å²) in [7, 11) is 0. The summed E-state index contributed by atoms with van der Waals surface area (Å²) < 4.78 is 0. The normalized spacial score (nSPS) is 18.1. The van der Waals surface area contributed by atoms with Gasteiger partial charge in [-0.15, -0.1) is 11.3 Å². The molecule has 1 N–H and O–H groups in total. The zero-order valence-corrected chi connectivity index (χ0v) is 14.5. The molecule has 1 aliphatic rings. The first kappa shape index (κ1) is 16.0. The third-order valence-corrected chi connectivity index (χ3v) is 5.82. The first-order valence-electron chi connectivity index (χ1n) is 8.43. The number of aryl methyl sites for hydroxylation is 2. The van der Waals surface area contributed by atoms with Gasteiger partial charge in [-0.1, -0.05) is 26.7 Å². The van der Waals surface area contributed by atoms with Crippen LogP contribution in [0, 0.1) is 5.92 Å². The summed E-state index contributed by atoms with van der Waals surface area (Å²) in [6.07, 6.45) is 9.40. The summed E-state index contributed by atoms with van der Waals surface area (Å²) in [5.74, 6) is 0.837. The summed E-state index contributed by atoms with van der Waals surface area (Å²) in [5, 5.41) is 3.79. The molecule has 0 aromatic carbocycles. The molecule has 0 bridgehead atoms. The van der Waals surface area contributed by atoms with Gasteiger partial charge in [0.25, 0.3) is 0 Å². The number of rotatable bonds is 7. The molecule has 20 heavy (non-hydrogen) atoms. The molecule has 1 nitrogen and oxygen atoms in total. The lowest BCUT2D eigenvalue weighted by Gasteiger charge is -2.19. The van der Waals surface area contributed by atoms with Gasteiger partial charge in [0, 0.05) is 21.8 Å². The zero-order valence-electron chi connectivity index (χ0n) is 13.7. The van der Waals surface area contributed by atoms with E-state index < -0.39 is 0 Å². The monoisotopic (exact) mass is 293 g/mol. The van der Waals surface area contributed by atoms with Crippen LogP contribution >= 0.6 is 11.3 Å². The molecule has 1 aliphatic carbocycles. The summed E-state index contributed by atoms with van der Waals surface area (Å²) in [6, 6.07) is 3.61. The Bertz CT molecular complexity index is 384. The lowest BCUT2D eigenvalue weighted by atomic mass is 9.99. The van der Waals surface area contributed by atoms with Crippen LogP contribution in [-0.2, 0) is 12.8 Å². The average molecular weight is 294 g/mol. The number of hydrogen-bond acceptors (Lipinski definition) is 2. The first-order valence-corrected chi connectivity index (χ1v) is 9.25. The molecule has 2 rings (SSSR count). The van der Waals surface area contributed by atoms with Crippen LogP contribution in [0.15, 0.2) is 6.07 Å². The minimum Gasteiger partial charge on any atom is -0.307 e. The lowest BCUT2D eigenvalue weighted by molar-refractivity contribution is 0.426. The Morgan fingerprint density at radius 1 is 1.10 bits per heavy atom. The van der Waals surface area contributed by atoms with E-state index in [-0.39, 0.29) is 0 Å². The van der Waals surface area contributed by atoms with Gasteiger partial charge in [0.15, 0.2) is 0 Å².